The number of anilines is 2. The van der Waals surface area contributed by atoms with Gasteiger partial charge in [-0.1, -0.05) is 30.3 Å². The van der Waals surface area contributed by atoms with Crippen molar-refractivity contribution in [1.82, 2.24) is 14.8 Å². The van der Waals surface area contributed by atoms with Gasteiger partial charge in [-0.25, -0.2) is 4.68 Å². The first-order chi connectivity index (χ1) is 12.0. The lowest BCUT2D eigenvalue weighted by Crippen LogP contribution is -2.19. The minimum atomic E-state index is -0.917. The summed E-state index contributed by atoms with van der Waals surface area (Å²) in [6, 6.07) is 9.78. The molecule has 0 unspecified atom stereocenters. The van der Waals surface area contributed by atoms with Crippen LogP contribution in [0.15, 0.2) is 42.1 Å². The summed E-state index contributed by atoms with van der Waals surface area (Å²) in [5, 5.41) is 18.7. The average molecular weight is 341 g/mol. The number of carbonyl (C=O) groups is 2. The second-order valence-corrected chi connectivity index (χ2v) is 5.83. The van der Waals surface area contributed by atoms with Gasteiger partial charge in [0.05, 0.1) is 0 Å². The maximum absolute atomic E-state index is 11.9. The molecular formula is C17H19N5O3. The van der Waals surface area contributed by atoms with Gasteiger partial charge in [0.15, 0.2) is 0 Å². The van der Waals surface area contributed by atoms with Crippen molar-refractivity contribution in [3.05, 3.63) is 47.7 Å². The van der Waals surface area contributed by atoms with Gasteiger partial charge < -0.3 is 10.4 Å². The van der Waals surface area contributed by atoms with E-state index in [2.05, 4.69) is 20.7 Å². The number of benzene rings is 1. The summed E-state index contributed by atoms with van der Waals surface area (Å²) in [5.41, 5.74) is 2.02. The van der Waals surface area contributed by atoms with Crippen LogP contribution in [-0.4, -0.2) is 31.7 Å². The lowest BCUT2D eigenvalue weighted by Gasteiger charge is -2.22. The first-order valence-corrected chi connectivity index (χ1v) is 8.01. The highest BCUT2D eigenvalue weighted by Crippen LogP contribution is 2.29. The number of rotatable bonds is 6. The van der Waals surface area contributed by atoms with Crippen molar-refractivity contribution >= 4 is 23.8 Å². The molecule has 1 aliphatic rings. The van der Waals surface area contributed by atoms with Crippen molar-refractivity contribution in [1.29, 1.82) is 0 Å². The van der Waals surface area contributed by atoms with Crippen molar-refractivity contribution in [3.8, 4) is 0 Å². The largest absolute Gasteiger partial charge is 0.481 e. The Kier molecular flexibility index (Phi) is 4.78. The number of carboxylic acids is 1. The Bertz CT molecular complexity index is 813. The fraction of sp³-hybridized carbons (Fsp3) is 0.294. The van der Waals surface area contributed by atoms with Crippen LogP contribution in [0.25, 0.3) is 0 Å². The summed E-state index contributed by atoms with van der Waals surface area (Å²) >= 11 is 0. The average Bonchev–Trinajstić information content (AvgIpc) is 2.96. The van der Waals surface area contributed by atoms with E-state index in [1.54, 1.807) is 4.68 Å². The van der Waals surface area contributed by atoms with E-state index in [1.807, 2.05) is 43.3 Å². The summed E-state index contributed by atoms with van der Waals surface area (Å²) in [6.07, 6.45) is 2.39. The number of carbonyl (C=O) groups excluding carboxylic acids is 1. The summed E-state index contributed by atoms with van der Waals surface area (Å²) in [4.78, 5) is 26.7. The predicted octanol–water partition coefficient (Wildman–Crippen LogP) is 2.39. The van der Waals surface area contributed by atoms with E-state index >= 15 is 0 Å². The molecule has 1 aromatic heterocycles. The Balaban J connectivity index is 1.74. The molecule has 0 bridgehead atoms. The fourth-order valence-electron chi connectivity index (χ4n) is 2.66. The normalized spacial score (nSPS) is 15.7. The van der Waals surface area contributed by atoms with Crippen LogP contribution >= 0.6 is 0 Å². The van der Waals surface area contributed by atoms with Gasteiger partial charge in [0, 0.05) is 18.5 Å². The van der Waals surface area contributed by atoms with E-state index in [-0.39, 0.29) is 37.2 Å². The molecule has 1 aliphatic heterocycles. The smallest absolute Gasteiger partial charge is 0.303 e. The topological polar surface area (TPSA) is 109 Å². The number of carboxylic acid groups (broad SMARTS) is 1. The van der Waals surface area contributed by atoms with Gasteiger partial charge >= 0.3 is 5.97 Å². The zero-order chi connectivity index (χ0) is 17.8. The molecule has 3 N–H and O–H groups in total. The van der Waals surface area contributed by atoms with Gasteiger partial charge in [-0.05, 0) is 25.0 Å². The molecule has 0 fully saturated rings. The molecular weight excluding hydrogens is 322 g/mol. The number of nitrogens with one attached hydrogen (secondary N) is 2. The number of nitrogens with zero attached hydrogens (tertiary/aromatic N) is 3. The minimum absolute atomic E-state index is 0.0404. The van der Waals surface area contributed by atoms with Gasteiger partial charge in [-0.2, -0.15) is 4.98 Å². The molecule has 8 nitrogen and oxygen atoms in total. The minimum Gasteiger partial charge on any atom is -0.481 e. The van der Waals surface area contributed by atoms with Crippen molar-refractivity contribution < 1.29 is 14.7 Å². The zero-order valence-corrected chi connectivity index (χ0v) is 13.8. The number of hydrogen-bond donors (Lipinski definition) is 3. The molecule has 3 rings (SSSR count). The van der Waals surface area contributed by atoms with Gasteiger partial charge in [-0.15, -0.1) is 5.10 Å². The Labute approximate surface area is 144 Å². The number of amides is 1. The highest BCUT2D eigenvalue weighted by atomic mass is 16.4. The molecule has 2 aromatic rings. The van der Waals surface area contributed by atoms with Crippen LogP contribution in [0.2, 0.25) is 0 Å². The summed E-state index contributed by atoms with van der Waals surface area (Å²) < 4.78 is 1.72. The first kappa shape index (κ1) is 16.7. The molecule has 0 spiro atoms. The van der Waals surface area contributed by atoms with Gasteiger partial charge in [0.1, 0.15) is 6.04 Å². The standard InChI is InChI=1S/C17H19N5O3/c1-11-10-13(12-6-3-2-4-7-12)22-17(18-11)20-16(21-22)19-14(23)8-5-9-15(24)25/h2-4,6-7,10,13H,5,8-9H2,1H3,(H,24,25)(H2,18,19,20,21,23)/t13-/m1/s1. The third-order valence-electron chi connectivity index (χ3n) is 3.80. The molecule has 25 heavy (non-hydrogen) atoms. The van der Waals surface area contributed by atoms with E-state index in [0.717, 1.165) is 11.3 Å². The van der Waals surface area contributed by atoms with Crippen molar-refractivity contribution in [2.75, 3.05) is 10.6 Å². The molecule has 0 saturated carbocycles. The molecule has 1 amide bonds. The second kappa shape index (κ2) is 7.16. The van der Waals surface area contributed by atoms with E-state index in [9.17, 15) is 9.59 Å². The maximum atomic E-state index is 11.9. The van der Waals surface area contributed by atoms with Crippen LogP contribution in [0, 0.1) is 0 Å². The zero-order valence-electron chi connectivity index (χ0n) is 13.8. The third-order valence-corrected chi connectivity index (χ3v) is 3.80. The molecule has 2 heterocycles. The fourth-order valence-corrected chi connectivity index (χ4v) is 2.66. The van der Waals surface area contributed by atoms with Crippen LogP contribution < -0.4 is 10.6 Å². The first-order valence-electron chi connectivity index (χ1n) is 8.01. The predicted molar refractivity (Wildman–Crippen MR) is 92.1 cm³/mol. The Morgan fingerprint density at radius 3 is 2.76 bits per heavy atom. The van der Waals surface area contributed by atoms with E-state index in [1.165, 1.54) is 0 Å². The third kappa shape index (κ3) is 4.03. The monoisotopic (exact) mass is 341 g/mol. The van der Waals surface area contributed by atoms with E-state index in [4.69, 9.17) is 5.11 Å². The molecule has 1 atom stereocenters. The van der Waals surface area contributed by atoms with Crippen LogP contribution in [0.4, 0.5) is 11.9 Å². The number of allylic oxidation sites excluding steroid dienone is 2. The highest BCUT2D eigenvalue weighted by Gasteiger charge is 2.23. The van der Waals surface area contributed by atoms with Crippen molar-refractivity contribution in [2.45, 2.75) is 32.2 Å². The molecule has 0 radical (unpaired) electrons. The number of aromatic nitrogens is 3. The molecule has 8 heteroatoms. The SMILES string of the molecule is CC1=C[C@H](c2ccccc2)n2nc(NC(=O)CCCC(=O)O)nc2N1. The molecule has 0 aliphatic carbocycles. The second-order valence-electron chi connectivity index (χ2n) is 5.83. The van der Waals surface area contributed by atoms with E-state index < -0.39 is 5.97 Å². The van der Waals surface area contributed by atoms with Crippen molar-refractivity contribution in [2.24, 2.45) is 0 Å². The summed E-state index contributed by atoms with van der Waals surface area (Å²) in [6.45, 7) is 1.94. The Morgan fingerprint density at radius 1 is 1.28 bits per heavy atom. The van der Waals surface area contributed by atoms with E-state index in [0.29, 0.717) is 5.95 Å². The van der Waals surface area contributed by atoms with Crippen LogP contribution in [0.1, 0.15) is 37.8 Å². The molecule has 1 aromatic carbocycles. The van der Waals surface area contributed by atoms with Gasteiger partial charge in [-0.3, -0.25) is 14.9 Å². The Morgan fingerprint density at radius 2 is 2.04 bits per heavy atom. The number of aliphatic carboxylic acids is 1. The van der Waals surface area contributed by atoms with Gasteiger partial charge in [0.2, 0.25) is 11.9 Å². The number of hydrogen-bond acceptors (Lipinski definition) is 5. The number of fused-ring (bicyclic) bond motifs is 1. The lowest BCUT2D eigenvalue weighted by molar-refractivity contribution is -0.137. The van der Waals surface area contributed by atoms with Crippen LogP contribution in [-0.2, 0) is 9.59 Å². The maximum Gasteiger partial charge on any atom is 0.303 e. The van der Waals surface area contributed by atoms with Crippen LogP contribution in [0.5, 0.6) is 0 Å². The molecule has 0 saturated heterocycles. The summed E-state index contributed by atoms with van der Waals surface area (Å²) in [7, 11) is 0. The molecule has 130 valence electrons. The van der Waals surface area contributed by atoms with Crippen LogP contribution in [0.3, 0.4) is 0 Å². The highest BCUT2D eigenvalue weighted by molar-refractivity contribution is 5.89. The summed E-state index contributed by atoms with van der Waals surface area (Å²) in [5.74, 6) is -0.466. The Hall–Kier alpha value is -3.16. The quantitative estimate of drug-likeness (QED) is 0.744. The van der Waals surface area contributed by atoms with Crippen molar-refractivity contribution in [3.63, 3.8) is 0 Å². The lowest BCUT2D eigenvalue weighted by atomic mass is 10.1. The van der Waals surface area contributed by atoms with Gasteiger partial charge in [0.25, 0.3) is 5.95 Å².